The molecule has 0 aliphatic rings. The van der Waals surface area contributed by atoms with Crippen molar-refractivity contribution in [1.82, 2.24) is 0 Å². The highest BCUT2D eigenvalue weighted by molar-refractivity contribution is 9.10. The lowest BCUT2D eigenvalue weighted by Gasteiger charge is -2.06. The van der Waals surface area contributed by atoms with Gasteiger partial charge in [-0.05, 0) is 48.0 Å². The Kier molecular flexibility index (Phi) is 5.39. The average Bonchev–Trinajstić information content (AvgIpc) is 2.54. The fourth-order valence-electron chi connectivity index (χ4n) is 1.93. The zero-order valence-corrected chi connectivity index (χ0v) is 14.1. The van der Waals surface area contributed by atoms with Crippen LogP contribution in [-0.2, 0) is 0 Å². The summed E-state index contributed by atoms with van der Waals surface area (Å²) in [5.41, 5.74) is 0.791. The van der Waals surface area contributed by atoms with Crippen LogP contribution in [0.2, 0.25) is 0 Å². The third kappa shape index (κ3) is 3.90. The first-order valence-electron chi connectivity index (χ1n) is 6.58. The summed E-state index contributed by atoms with van der Waals surface area (Å²) < 4.78 is 24.1. The van der Waals surface area contributed by atoms with E-state index >= 15 is 0 Å². The van der Waals surface area contributed by atoms with E-state index in [4.69, 9.17) is 9.47 Å². The maximum atomic E-state index is 13.6. The number of hydrogen-bond acceptors (Lipinski definition) is 4. The summed E-state index contributed by atoms with van der Waals surface area (Å²) >= 11 is 3.33. The second-order valence-electron chi connectivity index (χ2n) is 4.59. The Balaban J connectivity index is 2.25. The van der Waals surface area contributed by atoms with Gasteiger partial charge in [-0.2, -0.15) is 0 Å². The second-order valence-corrected chi connectivity index (χ2v) is 5.45. The van der Waals surface area contributed by atoms with E-state index in [1.54, 1.807) is 6.07 Å². The Labute approximate surface area is 141 Å². The van der Waals surface area contributed by atoms with Crippen LogP contribution in [0.25, 0.3) is 6.08 Å². The molecule has 0 saturated carbocycles. The predicted molar refractivity (Wildman–Crippen MR) is 88.7 cm³/mol. The van der Waals surface area contributed by atoms with Gasteiger partial charge < -0.3 is 14.6 Å². The maximum absolute atomic E-state index is 13.6. The molecule has 0 radical (unpaired) electrons. The minimum absolute atomic E-state index is 0.0432. The number of allylic oxidation sites excluding steroid dienone is 1. The van der Waals surface area contributed by atoms with Gasteiger partial charge in [0.25, 0.3) is 0 Å². The molecule has 0 heterocycles. The summed E-state index contributed by atoms with van der Waals surface area (Å²) in [6.45, 7) is 0. The number of aromatic hydroxyl groups is 1. The monoisotopic (exact) mass is 380 g/mol. The largest absolute Gasteiger partial charge is 0.504 e. The molecule has 120 valence electrons. The van der Waals surface area contributed by atoms with Crippen molar-refractivity contribution in [3.05, 3.63) is 57.8 Å². The number of methoxy groups -OCH3 is 2. The fraction of sp³-hybridized carbons (Fsp3) is 0.118. The SMILES string of the molecule is COc1cc(Br)c(/C=C/C(=O)c2ccc(OC)c(F)c2)cc1O. The molecule has 2 rings (SSSR count). The molecule has 6 heteroatoms. The van der Waals surface area contributed by atoms with Gasteiger partial charge in [0.1, 0.15) is 0 Å². The highest BCUT2D eigenvalue weighted by Crippen LogP contribution is 2.33. The van der Waals surface area contributed by atoms with Crippen LogP contribution in [0, 0.1) is 5.82 Å². The highest BCUT2D eigenvalue weighted by atomic mass is 79.9. The minimum Gasteiger partial charge on any atom is -0.504 e. The molecule has 4 nitrogen and oxygen atoms in total. The molecule has 0 saturated heterocycles. The summed E-state index contributed by atoms with van der Waals surface area (Å²) in [6.07, 6.45) is 2.82. The van der Waals surface area contributed by atoms with E-state index in [2.05, 4.69) is 15.9 Å². The molecule has 1 N–H and O–H groups in total. The first-order chi connectivity index (χ1) is 11.0. The topological polar surface area (TPSA) is 55.8 Å². The Hall–Kier alpha value is -2.34. The molecule has 0 aliphatic heterocycles. The molecular formula is C17H14BrFO4. The van der Waals surface area contributed by atoms with Gasteiger partial charge in [-0.1, -0.05) is 15.9 Å². The zero-order chi connectivity index (χ0) is 17.0. The Morgan fingerprint density at radius 3 is 2.48 bits per heavy atom. The van der Waals surface area contributed by atoms with Crippen molar-refractivity contribution < 1.29 is 23.8 Å². The summed E-state index contributed by atoms with van der Waals surface area (Å²) in [7, 11) is 2.80. The van der Waals surface area contributed by atoms with Gasteiger partial charge in [0.2, 0.25) is 0 Å². The molecule has 2 aromatic carbocycles. The molecule has 0 amide bonds. The predicted octanol–water partition coefficient (Wildman–Crippen LogP) is 4.21. The standard InChI is InChI=1S/C17H14BrFO4/c1-22-16-6-4-11(7-13(16)19)14(20)5-3-10-8-15(21)17(23-2)9-12(10)18/h3-9,21H,1-2H3/b5-3+. The van der Waals surface area contributed by atoms with E-state index in [0.29, 0.717) is 15.8 Å². The number of rotatable bonds is 5. The number of carbonyl (C=O) groups is 1. The molecule has 0 aliphatic carbocycles. The summed E-state index contributed by atoms with van der Waals surface area (Å²) in [5, 5.41) is 9.76. The Bertz CT molecular complexity index is 771. The maximum Gasteiger partial charge on any atom is 0.185 e. The molecule has 0 aromatic heterocycles. The van der Waals surface area contributed by atoms with Gasteiger partial charge in [-0.15, -0.1) is 0 Å². The number of hydrogen-bond donors (Lipinski definition) is 1. The zero-order valence-electron chi connectivity index (χ0n) is 12.5. The van der Waals surface area contributed by atoms with Crippen molar-refractivity contribution in [2.75, 3.05) is 14.2 Å². The first kappa shape index (κ1) is 17.0. The van der Waals surface area contributed by atoms with E-state index in [1.165, 1.54) is 44.6 Å². The minimum atomic E-state index is -0.602. The Morgan fingerprint density at radius 1 is 1.17 bits per heavy atom. The third-order valence-corrected chi connectivity index (χ3v) is 3.84. The highest BCUT2D eigenvalue weighted by Gasteiger charge is 2.09. The summed E-state index contributed by atoms with van der Waals surface area (Å²) in [6, 6.07) is 7.04. The lowest BCUT2D eigenvalue weighted by atomic mass is 10.1. The van der Waals surface area contributed by atoms with E-state index in [0.717, 1.165) is 6.07 Å². The second kappa shape index (κ2) is 7.28. The van der Waals surface area contributed by atoms with Crippen LogP contribution in [0.4, 0.5) is 4.39 Å². The van der Waals surface area contributed by atoms with Gasteiger partial charge in [0.05, 0.1) is 14.2 Å². The van der Waals surface area contributed by atoms with Gasteiger partial charge >= 0.3 is 0 Å². The van der Waals surface area contributed by atoms with Crippen molar-refractivity contribution in [2.45, 2.75) is 0 Å². The number of carbonyl (C=O) groups excluding carboxylic acids is 1. The van der Waals surface area contributed by atoms with E-state index in [-0.39, 0.29) is 22.8 Å². The van der Waals surface area contributed by atoms with Crippen LogP contribution in [0.3, 0.4) is 0 Å². The molecule has 0 bridgehead atoms. The number of phenols is 1. The van der Waals surface area contributed by atoms with Gasteiger partial charge in [0, 0.05) is 10.0 Å². The molecule has 0 unspecified atom stereocenters. The van der Waals surface area contributed by atoms with Crippen molar-refractivity contribution in [1.29, 1.82) is 0 Å². The molecular weight excluding hydrogens is 367 g/mol. The first-order valence-corrected chi connectivity index (χ1v) is 7.38. The number of phenolic OH excluding ortho intramolecular Hbond substituents is 1. The molecule has 0 fully saturated rings. The van der Waals surface area contributed by atoms with E-state index in [9.17, 15) is 14.3 Å². The van der Waals surface area contributed by atoms with Crippen LogP contribution in [0.15, 0.2) is 40.9 Å². The van der Waals surface area contributed by atoms with Gasteiger partial charge in [-0.3, -0.25) is 4.79 Å². The van der Waals surface area contributed by atoms with Gasteiger partial charge in [-0.25, -0.2) is 4.39 Å². The lowest BCUT2D eigenvalue weighted by molar-refractivity contribution is 0.104. The van der Waals surface area contributed by atoms with Crippen LogP contribution < -0.4 is 9.47 Å². The summed E-state index contributed by atoms with van der Waals surface area (Å²) in [4.78, 5) is 12.1. The van der Waals surface area contributed by atoms with Crippen molar-refractivity contribution in [3.63, 3.8) is 0 Å². The van der Waals surface area contributed by atoms with Crippen LogP contribution in [-0.4, -0.2) is 25.1 Å². The van der Waals surface area contributed by atoms with Crippen molar-refractivity contribution in [3.8, 4) is 17.2 Å². The van der Waals surface area contributed by atoms with Crippen LogP contribution in [0.1, 0.15) is 15.9 Å². The summed E-state index contributed by atoms with van der Waals surface area (Å²) in [5.74, 6) is -0.618. The number of ketones is 1. The van der Waals surface area contributed by atoms with Crippen molar-refractivity contribution in [2.24, 2.45) is 0 Å². The molecule has 2 aromatic rings. The fourth-order valence-corrected chi connectivity index (χ4v) is 2.39. The van der Waals surface area contributed by atoms with Crippen molar-refractivity contribution >= 4 is 27.8 Å². The molecule has 23 heavy (non-hydrogen) atoms. The van der Waals surface area contributed by atoms with Gasteiger partial charge in [0.15, 0.2) is 28.8 Å². The normalized spacial score (nSPS) is 10.8. The number of benzene rings is 2. The van der Waals surface area contributed by atoms with Crippen LogP contribution >= 0.6 is 15.9 Å². The quantitative estimate of drug-likeness (QED) is 0.623. The molecule has 0 spiro atoms. The third-order valence-electron chi connectivity index (χ3n) is 3.15. The number of halogens is 2. The average molecular weight is 381 g/mol. The Morgan fingerprint density at radius 2 is 1.87 bits per heavy atom. The van der Waals surface area contributed by atoms with E-state index < -0.39 is 5.82 Å². The smallest absolute Gasteiger partial charge is 0.185 e. The lowest BCUT2D eigenvalue weighted by Crippen LogP contribution is -1.97. The van der Waals surface area contributed by atoms with Crippen LogP contribution in [0.5, 0.6) is 17.2 Å². The number of ether oxygens (including phenoxy) is 2. The molecule has 0 atom stereocenters. The van der Waals surface area contributed by atoms with E-state index in [1.807, 2.05) is 0 Å².